The fourth-order valence-electron chi connectivity index (χ4n) is 4.15. The molecule has 5 heteroatoms. The Labute approximate surface area is 157 Å². The van der Waals surface area contributed by atoms with Crippen LogP contribution in [0, 0.1) is 5.41 Å². The number of amides is 1. The monoisotopic (exact) mass is 359 g/mol. The van der Waals surface area contributed by atoms with Crippen molar-refractivity contribution in [2.75, 3.05) is 26.2 Å². The van der Waals surface area contributed by atoms with Gasteiger partial charge in [0.05, 0.1) is 12.2 Å². The van der Waals surface area contributed by atoms with Crippen LogP contribution in [0.1, 0.15) is 50.0 Å². The molecule has 2 aliphatic rings. The smallest absolute Gasteiger partial charge is 0.253 e. The molecular formula is C21H33N3O2. The minimum Gasteiger partial charge on any atom is -0.373 e. The average Bonchev–Trinajstić information content (AvgIpc) is 2.56. The number of likely N-dealkylation sites (tertiary alicyclic amines) is 1. The summed E-state index contributed by atoms with van der Waals surface area (Å²) >= 11 is 0. The van der Waals surface area contributed by atoms with Crippen molar-refractivity contribution in [1.29, 1.82) is 0 Å². The van der Waals surface area contributed by atoms with Gasteiger partial charge in [-0.25, -0.2) is 0 Å². The lowest BCUT2D eigenvalue weighted by molar-refractivity contribution is -0.0704. The molecule has 0 aliphatic carbocycles. The van der Waals surface area contributed by atoms with E-state index < -0.39 is 0 Å². The van der Waals surface area contributed by atoms with Crippen LogP contribution in [-0.4, -0.2) is 60.1 Å². The summed E-state index contributed by atoms with van der Waals surface area (Å²) in [5.41, 5.74) is 8.17. The number of piperidine rings is 1. The number of rotatable bonds is 3. The maximum atomic E-state index is 12.8. The number of hydrogen-bond donors (Lipinski definition) is 1. The summed E-state index contributed by atoms with van der Waals surface area (Å²) in [7, 11) is 0. The molecule has 26 heavy (non-hydrogen) atoms. The molecule has 3 rings (SSSR count). The first-order valence-corrected chi connectivity index (χ1v) is 9.76. The molecule has 1 aromatic rings. The highest BCUT2D eigenvalue weighted by Gasteiger charge is 2.35. The average molecular weight is 360 g/mol. The molecule has 0 radical (unpaired) electrons. The summed E-state index contributed by atoms with van der Waals surface area (Å²) in [5.74, 6) is 0.116. The molecule has 0 aromatic heterocycles. The van der Waals surface area contributed by atoms with E-state index in [2.05, 4.69) is 44.7 Å². The summed E-state index contributed by atoms with van der Waals surface area (Å²) < 4.78 is 5.80. The predicted octanol–water partition coefficient (Wildman–Crippen LogP) is 2.50. The van der Waals surface area contributed by atoms with Crippen LogP contribution in [0.4, 0.5) is 0 Å². The number of carbonyl (C=O) groups is 1. The van der Waals surface area contributed by atoms with Crippen molar-refractivity contribution in [3.63, 3.8) is 0 Å². The Bertz CT molecular complexity index is 619. The fraction of sp³-hybridized carbons (Fsp3) is 0.667. The number of carbonyl (C=O) groups excluding carboxylic acids is 1. The second kappa shape index (κ2) is 7.67. The second-order valence-electron chi connectivity index (χ2n) is 8.76. The quantitative estimate of drug-likeness (QED) is 0.901. The van der Waals surface area contributed by atoms with E-state index in [0.29, 0.717) is 0 Å². The van der Waals surface area contributed by atoms with Gasteiger partial charge in [0, 0.05) is 44.3 Å². The first-order valence-electron chi connectivity index (χ1n) is 9.76. The Morgan fingerprint density at radius 2 is 1.81 bits per heavy atom. The normalized spacial score (nSPS) is 29.6. The highest BCUT2D eigenvalue weighted by molar-refractivity contribution is 5.94. The van der Waals surface area contributed by atoms with Gasteiger partial charge in [-0.15, -0.1) is 0 Å². The van der Waals surface area contributed by atoms with Gasteiger partial charge in [0.25, 0.3) is 5.91 Å². The minimum absolute atomic E-state index is 0.0302. The van der Waals surface area contributed by atoms with Gasteiger partial charge < -0.3 is 15.4 Å². The third-order valence-corrected chi connectivity index (χ3v) is 5.70. The lowest BCUT2D eigenvalue weighted by Crippen LogP contribution is -2.54. The second-order valence-corrected chi connectivity index (χ2v) is 8.76. The zero-order valence-electron chi connectivity index (χ0n) is 16.6. The van der Waals surface area contributed by atoms with Gasteiger partial charge in [0.2, 0.25) is 0 Å². The van der Waals surface area contributed by atoms with Gasteiger partial charge in [0.1, 0.15) is 0 Å². The SMILES string of the molecule is CC1CN(Cc2ccc(C(=O)N3CCC(N)C(C)(C)C3)cc2)CC(C)O1. The van der Waals surface area contributed by atoms with E-state index in [-0.39, 0.29) is 29.6 Å². The van der Waals surface area contributed by atoms with Crippen LogP contribution >= 0.6 is 0 Å². The number of hydrogen-bond acceptors (Lipinski definition) is 4. The Morgan fingerprint density at radius 1 is 1.19 bits per heavy atom. The summed E-state index contributed by atoms with van der Waals surface area (Å²) in [6, 6.07) is 8.25. The first-order chi connectivity index (χ1) is 12.2. The number of benzene rings is 1. The van der Waals surface area contributed by atoms with E-state index in [4.69, 9.17) is 10.5 Å². The van der Waals surface area contributed by atoms with Crippen LogP contribution in [0.3, 0.4) is 0 Å². The Morgan fingerprint density at radius 3 is 2.38 bits per heavy atom. The van der Waals surface area contributed by atoms with E-state index in [1.54, 1.807) is 0 Å². The number of morpholine rings is 1. The maximum absolute atomic E-state index is 12.8. The van der Waals surface area contributed by atoms with Gasteiger partial charge in [0.15, 0.2) is 0 Å². The number of nitrogens with two attached hydrogens (primary N) is 1. The van der Waals surface area contributed by atoms with Crippen molar-refractivity contribution >= 4 is 5.91 Å². The zero-order valence-corrected chi connectivity index (χ0v) is 16.6. The van der Waals surface area contributed by atoms with Crippen molar-refractivity contribution in [3.8, 4) is 0 Å². The third-order valence-electron chi connectivity index (χ3n) is 5.70. The van der Waals surface area contributed by atoms with Crippen molar-refractivity contribution in [2.45, 2.75) is 58.9 Å². The van der Waals surface area contributed by atoms with Crippen molar-refractivity contribution < 1.29 is 9.53 Å². The fourth-order valence-corrected chi connectivity index (χ4v) is 4.15. The molecule has 1 amide bonds. The van der Waals surface area contributed by atoms with Crippen LogP contribution in [0.15, 0.2) is 24.3 Å². The number of ether oxygens (including phenoxy) is 1. The molecule has 3 atom stereocenters. The molecule has 144 valence electrons. The minimum atomic E-state index is -0.0302. The Kier molecular flexibility index (Phi) is 5.70. The van der Waals surface area contributed by atoms with Crippen molar-refractivity contribution in [2.24, 2.45) is 11.1 Å². The van der Waals surface area contributed by atoms with E-state index in [1.807, 2.05) is 17.0 Å². The Balaban J connectivity index is 1.61. The highest BCUT2D eigenvalue weighted by atomic mass is 16.5. The molecule has 5 nitrogen and oxygen atoms in total. The van der Waals surface area contributed by atoms with Gasteiger partial charge >= 0.3 is 0 Å². The van der Waals surface area contributed by atoms with Crippen LogP contribution < -0.4 is 5.73 Å². The summed E-state index contributed by atoms with van der Waals surface area (Å²) in [4.78, 5) is 17.2. The largest absolute Gasteiger partial charge is 0.373 e. The molecule has 2 N–H and O–H groups in total. The van der Waals surface area contributed by atoms with Gasteiger partial charge in [-0.3, -0.25) is 9.69 Å². The number of nitrogens with zero attached hydrogens (tertiary/aromatic N) is 2. The molecule has 2 aliphatic heterocycles. The third kappa shape index (κ3) is 4.45. The van der Waals surface area contributed by atoms with Crippen LogP contribution in [-0.2, 0) is 11.3 Å². The highest BCUT2D eigenvalue weighted by Crippen LogP contribution is 2.28. The van der Waals surface area contributed by atoms with Crippen LogP contribution in [0.2, 0.25) is 0 Å². The molecule has 2 fully saturated rings. The molecular weight excluding hydrogens is 326 g/mol. The zero-order chi connectivity index (χ0) is 18.9. The summed E-state index contributed by atoms with van der Waals surface area (Å²) in [5, 5.41) is 0. The van der Waals surface area contributed by atoms with E-state index in [0.717, 1.165) is 44.7 Å². The van der Waals surface area contributed by atoms with E-state index in [9.17, 15) is 4.79 Å². The van der Waals surface area contributed by atoms with Crippen molar-refractivity contribution in [3.05, 3.63) is 35.4 Å². The van der Waals surface area contributed by atoms with Gasteiger partial charge in [-0.1, -0.05) is 26.0 Å². The van der Waals surface area contributed by atoms with Crippen LogP contribution in [0.25, 0.3) is 0 Å². The van der Waals surface area contributed by atoms with Gasteiger partial charge in [-0.2, -0.15) is 0 Å². The first kappa shape index (κ1) is 19.3. The lowest BCUT2D eigenvalue weighted by atomic mass is 9.79. The van der Waals surface area contributed by atoms with Crippen molar-refractivity contribution in [1.82, 2.24) is 9.80 Å². The molecule has 0 spiro atoms. The predicted molar refractivity (Wildman–Crippen MR) is 104 cm³/mol. The summed E-state index contributed by atoms with van der Waals surface area (Å²) in [6.45, 7) is 12.8. The standard InChI is InChI=1S/C21H33N3O2/c1-15-11-23(12-16(2)26-15)13-17-5-7-18(8-6-17)20(25)24-10-9-19(22)21(3,4)14-24/h5-8,15-16,19H,9-14,22H2,1-4H3. The lowest BCUT2D eigenvalue weighted by Gasteiger charge is -2.42. The molecule has 0 bridgehead atoms. The van der Waals surface area contributed by atoms with Gasteiger partial charge in [-0.05, 0) is 43.4 Å². The Hall–Kier alpha value is -1.43. The maximum Gasteiger partial charge on any atom is 0.253 e. The molecule has 0 saturated carbocycles. The summed E-state index contributed by atoms with van der Waals surface area (Å²) in [6.07, 6.45) is 1.41. The molecule has 2 saturated heterocycles. The van der Waals surface area contributed by atoms with E-state index >= 15 is 0 Å². The van der Waals surface area contributed by atoms with E-state index in [1.165, 1.54) is 5.56 Å². The van der Waals surface area contributed by atoms with Crippen LogP contribution in [0.5, 0.6) is 0 Å². The topological polar surface area (TPSA) is 58.8 Å². The molecule has 3 unspecified atom stereocenters. The molecule has 2 heterocycles. The molecule has 1 aromatic carbocycles.